The van der Waals surface area contributed by atoms with Gasteiger partial charge in [0, 0.05) is 18.1 Å². The van der Waals surface area contributed by atoms with Gasteiger partial charge in [-0.2, -0.15) is 0 Å². The van der Waals surface area contributed by atoms with E-state index in [0.29, 0.717) is 24.7 Å². The molecule has 0 aromatic heterocycles. The van der Waals surface area contributed by atoms with Crippen LogP contribution in [0.15, 0.2) is 30.3 Å². The number of amides is 1. The number of piperidine rings is 1. The zero-order chi connectivity index (χ0) is 14.8. The summed E-state index contributed by atoms with van der Waals surface area (Å²) in [5, 5.41) is 3.11. The highest BCUT2D eigenvalue weighted by Gasteiger charge is 2.40. The van der Waals surface area contributed by atoms with E-state index in [1.165, 1.54) is 12.8 Å². The molecule has 2 fully saturated rings. The van der Waals surface area contributed by atoms with E-state index in [1.807, 2.05) is 25.1 Å². The number of rotatable bonds is 4. The molecule has 0 saturated carbocycles. The number of benzene rings is 1. The van der Waals surface area contributed by atoms with Gasteiger partial charge in [-0.05, 0) is 38.2 Å². The minimum Gasteiger partial charge on any atom is -0.348 e. The van der Waals surface area contributed by atoms with Crippen molar-refractivity contribution in [3.63, 3.8) is 0 Å². The topological polar surface area (TPSA) is 58.4 Å². The van der Waals surface area contributed by atoms with Crippen molar-refractivity contribution in [3.05, 3.63) is 35.9 Å². The van der Waals surface area contributed by atoms with E-state index < -0.39 is 0 Å². The monoisotopic (exact) mass is 287 g/mol. The Labute approximate surface area is 126 Å². The highest BCUT2D eigenvalue weighted by molar-refractivity contribution is 5.78. The van der Waals surface area contributed by atoms with E-state index in [1.54, 1.807) is 0 Å². The third-order valence-electron chi connectivity index (χ3n) is 4.92. The number of carbonyl (C=O) groups excluding carboxylic acids is 1. The molecule has 1 aromatic rings. The van der Waals surface area contributed by atoms with Gasteiger partial charge in [-0.3, -0.25) is 9.69 Å². The molecule has 4 heteroatoms. The summed E-state index contributed by atoms with van der Waals surface area (Å²) in [7, 11) is 0. The molecule has 4 nitrogen and oxygen atoms in total. The summed E-state index contributed by atoms with van der Waals surface area (Å²) >= 11 is 0. The van der Waals surface area contributed by atoms with Crippen LogP contribution in [0.5, 0.6) is 0 Å². The summed E-state index contributed by atoms with van der Waals surface area (Å²) in [6.07, 6.45) is 4.47. The second-order valence-corrected chi connectivity index (χ2v) is 6.49. The van der Waals surface area contributed by atoms with Gasteiger partial charge in [0.15, 0.2) is 0 Å². The molecular weight excluding hydrogens is 262 g/mol. The van der Waals surface area contributed by atoms with Crippen molar-refractivity contribution in [2.75, 3.05) is 6.54 Å². The molecule has 2 aliphatic rings. The normalized spacial score (nSPS) is 30.1. The summed E-state index contributed by atoms with van der Waals surface area (Å²) in [5.74, 6) is 0.124. The van der Waals surface area contributed by atoms with Crippen molar-refractivity contribution in [1.29, 1.82) is 0 Å². The molecule has 3 rings (SSSR count). The average molecular weight is 287 g/mol. The van der Waals surface area contributed by atoms with Gasteiger partial charge < -0.3 is 11.1 Å². The summed E-state index contributed by atoms with van der Waals surface area (Å²) in [6, 6.07) is 11.5. The Morgan fingerprint density at radius 2 is 1.90 bits per heavy atom. The quantitative estimate of drug-likeness (QED) is 0.888. The van der Waals surface area contributed by atoms with E-state index in [2.05, 4.69) is 22.3 Å². The van der Waals surface area contributed by atoms with Crippen molar-refractivity contribution < 1.29 is 4.79 Å². The van der Waals surface area contributed by atoms with Crippen molar-refractivity contribution in [2.45, 2.75) is 56.8 Å². The fourth-order valence-corrected chi connectivity index (χ4v) is 3.85. The standard InChI is InChI=1S/C17H25N3O/c1-12(13-5-3-2-4-6-13)19-17(21)11-20-15-7-8-16(20)10-14(18)9-15/h2-6,12,14-16H,7-11,18H2,1H3,(H,19,21). The predicted molar refractivity (Wildman–Crippen MR) is 83.7 cm³/mol. The Morgan fingerprint density at radius 3 is 2.52 bits per heavy atom. The van der Waals surface area contributed by atoms with Crippen LogP contribution in [-0.2, 0) is 4.79 Å². The molecular formula is C17H25N3O. The SMILES string of the molecule is CC(NC(=O)CN1C2CCC1CC(N)C2)c1ccccc1. The Hall–Kier alpha value is -1.39. The van der Waals surface area contributed by atoms with Crippen molar-refractivity contribution in [1.82, 2.24) is 10.2 Å². The first kappa shape index (κ1) is 14.5. The van der Waals surface area contributed by atoms with E-state index in [9.17, 15) is 4.79 Å². The Morgan fingerprint density at radius 1 is 1.29 bits per heavy atom. The predicted octanol–water partition coefficient (Wildman–Crippen LogP) is 1.82. The summed E-state index contributed by atoms with van der Waals surface area (Å²) in [5.41, 5.74) is 7.23. The van der Waals surface area contributed by atoms with Crippen molar-refractivity contribution in [3.8, 4) is 0 Å². The fraction of sp³-hybridized carbons (Fsp3) is 0.588. The highest BCUT2D eigenvalue weighted by Crippen LogP contribution is 2.34. The first-order valence-corrected chi connectivity index (χ1v) is 7.99. The fourth-order valence-electron chi connectivity index (χ4n) is 3.85. The van der Waals surface area contributed by atoms with Gasteiger partial charge in [0.05, 0.1) is 12.6 Å². The van der Waals surface area contributed by atoms with Crippen molar-refractivity contribution in [2.24, 2.45) is 5.73 Å². The number of nitrogens with two attached hydrogens (primary N) is 1. The minimum atomic E-state index is 0.0587. The molecule has 114 valence electrons. The Balaban J connectivity index is 1.55. The molecule has 2 aliphatic heterocycles. The molecule has 2 saturated heterocycles. The molecule has 1 aromatic carbocycles. The lowest BCUT2D eigenvalue weighted by Crippen LogP contribution is -2.51. The van der Waals surface area contributed by atoms with Crippen molar-refractivity contribution >= 4 is 5.91 Å². The average Bonchev–Trinajstić information content (AvgIpc) is 2.71. The molecule has 0 aliphatic carbocycles. The largest absolute Gasteiger partial charge is 0.348 e. The van der Waals surface area contributed by atoms with Crippen LogP contribution in [0.3, 0.4) is 0 Å². The number of nitrogens with one attached hydrogen (secondary N) is 1. The molecule has 3 atom stereocenters. The van der Waals surface area contributed by atoms with Gasteiger partial charge in [-0.15, -0.1) is 0 Å². The first-order chi connectivity index (χ1) is 10.1. The van der Waals surface area contributed by atoms with Gasteiger partial charge in [0.1, 0.15) is 0 Å². The second kappa shape index (κ2) is 6.16. The van der Waals surface area contributed by atoms with Crippen LogP contribution in [0.4, 0.5) is 0 Å². The van der Waals surface area contributed by atoms with E-state index in [-0.39, 0.29) is 11.9 Å². The maximum absolute atomic E-state index is 12.3. The van der Waals surface area contributed by atoms with Crippen LogP contribution in [0.1, 0.15) is 44.2 Å². The van der Waals surface area contributed by atoms with Crippen LogP contribution in [-0.4, -0.2) is 35.5 Å². The third kappa shape index (κ3) is 3.27. The molecule has 2 bridgehead atoms. The van der Waals surface area contributed by atoms with Crippen LogP contribution < -0.4 is 11.1 Å². The number of carbonyl (C=O) groups is 1. The highest BCUT2D eigenvalue weighted by atomic mass is 16.2. The number of nitrogens with zero attached hydrogens (tertiary/aromatic N) is 1. The minimum absolute atomic E-state index is 0.0587. The van der Waals surface area contributed by atoms with Gasteiger partial charge in [-0.25, -0.2) is 0 Å². The molecule has 1 amide bonds. The molecule has 0 spiro atoms. The maximum Gasteiger partial charge on any atom is 0.234 e. The Kier molecular flexibility index (Phi) is 4.27. The molecule has 3 N–H and O–H groups in total. The number of fused-ring (bicyclic) bond motifs is 2. The van der Waals surface area contributed by atoms with E-state index in [4.69, 9.17) is 5.73 Å². The lowest BCUT2D eigenvalue weighted by Gasteiger charge is -2.37. The lowest BCUT2D eigenvalue weighted by atomic mass is 9.98. The second-order valence-electron chi connectivity index (χ2n) is 6.49. The number of hydrogen-bond acceptors (Lipinski definition) is 3. The Bertz CT molecular complexity index is 476. The van der Waals surface area contributed by atoms with Crippen LogP contribution >= 0.6 is 0 Å². The molecule has 0 radical (unpaired) electrons. The van der Waals surface area contributed by atoms with Gasteiger partial charge >= 0.3 is 0 Å². The van der Waals surface area contributed by atoms with E-state index in [0.717, 1.165) is 18.4 Å². The molecule has 3 unspecified atom stereocenters. The zero-order valence-corrected chi connectivity index (χ0v) is 12.7. The maximum atomic E-state index is 12.3. The van der Waals surface area contributed by atoms with Crippen LogP contribution in [0, 0.1) is 0 Å². The first-order valence-electron chi connectivity index (χ1n) is 7.99. The molecule has 2 heterocycles. The van der Waals surface area contributed by atoms with Gasteiger partial charge in [0.25, 0.3) is 0 Å². The smallest absolute Gasteiger partial charge is 0.234 e. The van der Waals surface area contributed by atoms with Gasteiger partial charge in [0.2, 0.25) is 5.91 Å². The number of hydrogen-bond donors (Lipinski definition) is 2. The summed E-state index contributed by atoms with van der Waals surface area (Å²) < 4.78 is 0. The van der Waals surface area contributed by atoms with Crippen LogP contribution in [0.2, 0.25) is 0 Å². The summed E-state index contributed by atoms with van der Waals surface area (Å²) in [6.45, 7) is 2.55. The molecule has 21 heavy (non-hydrogen) atoms. The summed E-state index contributed by atoms with van der Waals surface area (Å²) in [4.78, 5) is 14.7. The lowest BCUT2D eigenvalue weighted by molar-refractivity contribution is -0.124. The third-order valence-corrected chi connectivity index (χ3v) is 4.92. The van der Waals surface area contributed by atoms with Gasteiger partial charge in [-0.1, -0.05) is 30.3 Å². The zero-order valence-electron chi connectivity index (χ0n) is 12.7. The van der Waals surface area contributed by atoms with Crippen LogP contribution in [0.25, 0.3) is 0 Å². The van der Waals surface area contributed by atoms with E-state index >= 15 is 0 Å².